The summed E-state index contributed by atoms with van der Waals surface area (Å²) in [6.45, 7) is 4.93. The Hall–Kier alpha value is -0.0505. The number of rotatable bonds is 32. The first-order chi connectivity index (χ1) is 19.2. The monoisotopic (exact) mass is 617 g/mol. The molecule has 4 heteroatoms. The van der Waals surface area contributed by atoms with Crippen LogP contribution in [0.4, 0.5) is 0 Å². The topological polar surface area (TPSA) is 57.5 Å². The SMILES string of the molecule is CCCCCCCCCCCCCCCCCC(=O)O.CCCCCCCCCCCCCCCCCCO.[Cu]. The minimum atomic E-state index is -0.653. The molecule has 0 aliphatic carbocycles. The number of aliphatic hydroxyl groups is 1. The molecule has 2 N–H and O–H groups in total. The van der Waals surface area contributed by atoms with E-state index in [4.69, 9.17) is 10.2 Å². The fraction of sp³-hybridized carbons (Fsp3) is 0.972. The molecule has 0 saturated carbocycles. The quantitative estimate of drug-likeness (QED) is 0.0583. The molecule has 0 aliphatic rings. The predicted molar refractivity (Wildman–Crippen MR) is 174 cm³/mol. The van der Waals surface area contributed by atoms with E-state index >= 15 is 0 Å². The molecule has 0 bridgehead atoms. The Labute approximate surface area is 263 Å². The molecule has 0 rings (SSSR count). The molecular formula is C36H74CuO3. The van der Waals surface area contributed by atoms with E-state index in [-0.39, 0.29) is 17.1 Å². The van der Waals surface area contributed by atoms with Crippen molar-refractivity contribution >= 4 is 5.97 Å². The number of carbonyl (C=O) groups is 1. The molecule has 0 atom stereocenters. The summed E-state index contributed by atoms with van der Waals surface area (Å²) >= 11 is 0. The van der Waals surface area contributed by atoms with Crippen LogP contribution in [0, 0.1) is 0 Å². The summed E-state index contributed by atoms with van der Waals surface area (Å²) in [7, 11) is 0. The van der Waals surface area contributed by atoms with Gasteiger partial charge in [-0.25, -0.2) is 0 Å². The third kappa shape index (κ3) is 47.7. The fourth-order valence-electron chi connectivity index (χ4n) is 5.31. The normalized spacial score (nSPS) is 10.7. The maximum atomic E-state index is 10.3. The largest absolute Gasteiger partial charge is 0.481 e. The number of unbranched alkanes of at least 4 members (excludes halogenated alkanes) is 29. The molecule has 0 saturated heterocycles. The van der Waals surface area contributed by atoms with Gasteiger partial charge in [0, 0.05) is 30.1 Å². The summed E-state index contributed by atoms with van der Waals surface area (Å²) < 4.78 is 0. The van der Waals surface area contributed by atoms with Crippen molar-refractivity contribution < 1.29 is 32.1 Å². The zero-order valence-corrected chi connectivity index (χ0v) is 28.4. The smallest absolute Gasteiger partial charge is 0.303 e. The van der Waals surface area contributed by atoms with E-state index in [1.165, 1.54) is 180 Å². The van der Waals surface area contributed by atoms with Gasteiger partial charge in [0.2, 0.25) is 0 Å². The van der Waals surface area contributed by atoms with Crippen molar-refractivity contribution in [2.45, 2.75) is 219 Å². The summed E-state index contributed by atoms with van der Waals surface area (Å²) in [5.41, 5.74) is 0. The minimum absolute atomic E-state index is 0. The van der Waals surface area contributed by atoms with Gasteiger partial charge in [0.25, 0.3) is 0 Å². The predicted octanol–water partition coefficient (Wildman–Crippen LogP) is 12.6. The van der Waals surface area contributed by atoms with Crippen LogP contribution in [-0.4, -0.2) is 22.8 Å². The summed E-state index contributed by atoms with van der Waals surface area (Å²) in [5.74, 6) is -0.653. The Morgan fingerprint density at radius 3 is 0.775 bits per heavy atom. The van der Waals surface area contributed by atoms with Gasteiger partial charge < -0.3 is 10.2 Å². The Kier molecular flexibility index (Phi) is 48.2. The van der Waals surface area contributed by atoms with Crippen molar-refractivity contribution in [2.75, 3.05) is 6.61 Å². The number of aliphatic hydroxyl groups excluding tert-OH is 1. The minimum Gasteiger partial charge on any atom is -0.481 e. The van der Waals surface area contributed by atoms with Crippen LogP contribution >= 0.6 is 0 Å². The van der Waals surface area contributed by atoms with Crippen LogP contribution in [-0.2, 0) is 21.9 Å². The van der Waals surface area contributed by atoms with E-state index in [0.717, 1.165) is 19.3 Å². The first kappa shape index (κ1) is 44.4. The summed E-state index contributed by atoms with van der Waals surface area (Å²) in [4.78, 5) is 10.3. The molecule has 0 aromatic rings. The second-order valence-electron chi connectivity index (χ2n) is 12.1. The maximum Gasteiger partial charge on any atom is 0.303 e. The molecule has 0 unspecified atom stereocenters. The molecule has 40 heavy (non-hydrogen) atoms. The zero-order valence-electron chi connectivity index (χ0n) is 27.4. The molecule has 0 amide bonds. The summed E-state index contributed by atoms with van der Waals surface area (Å²) in [6, 6.07) is 0. The van der Waals surface area contributed by atoms with Crippen LogP contribution in [0.2, 0.25) is 0 Å². The van der Waals surface area contributed by atoms with Gasteiger partial charge in [0.05, 0.1) is 0 Å². The summed E-state index contributed by atoms with van der Waals surface area (Å²) in [5, 5.41) is 17.2. The molecule has 247 valence electrons. The third-order valence-corrected chi connectivity index (χ3v) is 8.01. The van der Waals surface area contributed by atoms with Gasteiger partial charge in [-0.15, -0.1) is 0 Å². The number of aliphatic carboxylic acids is 1. The zero-order chi connectivity index (χ0) is 28.9. The second kappa shape index (κ2) is 43.4. The van der Waals surface area contributed by atoms with Gasteiger partial charge in [0.1, 0.15) is 0 Å². The maximum absolute atomic E-state index is 10.3. The molecule has 0 spiro atoms. The molecule has 0 fully saturated rings. The molecular weight excluding hydrogens is 544 g/mol. The van der Waals surface area contributed by atoms with Crippen LogP contribution in [0.5, 0.6) is 0 Å². The van der Waals surface area contributed by atoms with Gasteiger partial charge in [-0.1, -0.05) is 200 Å². The molecule has 0 heterocycles. The van der Waals surface area contributed by atoms with E-state index in [1.54, 1.807) is 0 Å². The molecule has 0 aromatic carbocycles. The number of carboxylic acid groups (broad SMARTS) is 1. The Balaban J connectivity index is -0.000000669. The molecule has 1 radical (unpaired) electrons. The average Bonchev–Trinajstić information content (AvgIpc) is 2.93. The molecule has 0 aliphatic heterocycles. The first-order valence-electron chi connectivity index (χ1n) is 18.0. The van der Waals surface area contributed by atoms with Crippen molar-refractivity contribution in [3.63, 3.8) is 0 Å². The van der Waals surface area contributed by atoms with E-state index in [9.17, 15) is 4.79 Å². The van der Waals surface area contributed by atoms with E-state index in [1.807, 2.05) is 0 Å². The van der Waals surface area contributed by atoms with Crippen molar-refractivity contribution in [3.8, 4) is 0 Å². The van der Waals surface area contributed by atoms with Crippen LogP contribution < -0.4 is 0 Å². The van der Waals surface area contributed by atoms with Crippen molar-refractivity contribution in [3.05, 3.63) is 0 Å². The van der Waals surface area contributed by atoms with Gasteiger partial charge in [-0.05, 0) is 12.8 Å². The van der Waals surface area contributed by atoms with E-state index in [0.29, 0.717) is 13.0 Å². The van der Waals surface area contributed by atoms with Crippen LogP contribution in [0.1, 0.15) is 219 Å². The number of hydrogen-bond acceptors (Lipinski definition) is 2. The van der Waals surface area contributed by atoms with Crippen LogP contribution in [0.3, 0.4) is 0 Å². The van der Waals surface area contributed by atoms with Crippen molar-refractivity contribution in [1.82, 2.24) is 0 Å². The van der Waals surface area contributed by atoms with E-state index < -0.39 is 5.97 Å². The Morgan fingerprint density at radius 2 is 0.575 bits per heavy atom. The second-order valence-corrected chi connectivity index (χ2v) is 12.1. The Morgan fingerprint density at radius 1 is 0.375 bits per heavy atom. The van der Waals surface area contributed by atoms with E-state index in [2.05, 4.69) is 13.8 Å². The van der Waals surface area contributed by atoms with Gasteiger partial charge in [-0.2, -0.15) is 0 Å². The van der Waals surface area contributed by atoms with Crippen LogP contribution in [0.15, 0.2) is 0 Å². The van der Waals surface area contributed by atoms with Gasteiger partial charge >= 0.3 is 5.97 Å². The van der Waals surface area contributed by atoms with Gasteiger partial charge in [-0.3, -0.25) is 4.79 Å². The number of hydrogen-bond donors (Lipinski definition) is 2. The fourth-order valence-corrected chi connectivity index (χ4v) is 5.31. The van der Waals surface area contributed by atoms with Crippen LogP contribution in [0.25, 0.3) is 0 Å². The van der Waals surface area contributed by atoms with Crippen molar-refractivity contribution in [2.24, 2.45) is 0 Å². The Bertz CT molecular complexity index is 414. The average molecular weight is 619 g/mol. The van der Waals surface area contributed by atoms with Crippen molar-refractivity contribution in [1.29, 1.82) is 0 Å². The van der Waals surface area contributed by atoms with Gasteiger partial charge in [0.15, 0.2) is 0 Å². The first-order valence-corrected chi connectivity index (χ1v) is 18.0. The summed E-state index contributed by atoms with van der Waals surface area (Å²) in [6.07, 6.45) is 42.4. The standard InChI is InChI=1S/C18H36O2.C18H38O.Cu/c1-2-3-4-5-6-7-8-9-10-11-12-13-14-15-16-17-18(19)20;1-2-3-4-5-6-7-8-9-10-11-12-13-14-15-16-17-18-19;/h2-17H2,1H3,(H,19,20);19H,2-18H2,1H3;. The molecule has 0 aromatic heterocycles. The molecule has 3 nitrogen and oxygen atoms in total. The third-order valence-electron chi connectivity index (χ3n) is 8.01. The number of carboxylic acids is 1.